The Labute approximate surface area is 245 Å². The molecule has 0 spiro atoms. The van der Waals surface area contributed by atoms with Crippen LogP contribution in [0.15, 0.2) is 147 Å². The molecule has 10 rings (SSSR count). The van der Waals surface area contributed by atoms with Gasteiger partial charge in [0.25, 0.3) is 0 Å². The molecular formula is C40H22O3. The number of fused-ring (bicyclic) bond motifs is 10. The normalized spacial score (nSPS) is 12.2. The summed E-state index contributed by atoms with van der Waals surface area (Å²) in [7, 11) is 0. The third-order valence-electron chi connectivity index (χ3n) is 8.95. The SMILES string of the molecule is c1ccc2c(c1)oc1c(-c3c4ccccc4c(-c4ccc5c(c4)oc4c5ccc5ccoc54)c4ccccc34)cccc12. The molecule has 0 aliphatic rings. The van der Waals surface area contributed by atoms with Crippen molar-refractivity contribution in [1.82, 2.24) is 0 Å². The van der Waals surface area contributed by atoms with Gasteiger partial charge in [0.1, 0.15) is 16.7 Å². The van der Waals surface area contributed by atoms with Crippen LogP contribution in [0.1, 0.15) is 0 Å². The van der Waals surface area contributed by atoms with E-state index in [1.54, 1.807) is 6.26 Å². The van der Waals surface area contributed by atoms with Gasteiger partial charge in [-0.25, -0.2) is 0 Å². The van der Waals surface area contributed by atoms with Gasteiger partial charge < -0.3 is 13.3 Å². The minimum absolute atomic E-state index is 0.787. The van der Waals surface area contributed by atoms with E-state index in [9.17, 15) is 0 Å². The van der Waals surface area contributed by atoms with Gasteiger partial charge in [-0.05, 0) is 63.0 Å². The van der Waals surface area contributed by atoms with Crippen molar-refractivity contribution in [3.05, 3.63) is 134 Å². The van der Waals surface area contributed by atoms with Gasteiger partial charge in [-0.3, -0.25) is 0 Å². The molecule has 3 heteroatoms. The largest absolute Gasteiger partial charge is 0.460 e. The summed E-state index contributed by atoms with van der Waals surface area (Å²) in [5.41, 5.74) is 8.84. The maximum atomic E-state index is 6.53. The first-order valence-corrected chi connectivity index (χ1v) is 14.5. The highest BCUT2D eigenvalue weighted by atomic mass is 16.4. The summed E-state index contributed by atoms with van der Waals surface area (Å²) >= 11 is 0. The quantitative estimate of drug-likeness (QED) is 0.201. The first-order valence-electron chi connectivity index (χ1n) is 14.5. The van der Waals surface area contributed by atoms with Crippen molar-refractivity contribution >= 4 is 76.4 Å². The third-order valence-corrected chi connectivity index (χ3v) is 8.95. The molecule has 0 saturated carbocycles. The average molecular weight is 551 g/mol. The van der Waals surface area contributed by atoms with E-state index in [2.05, 4.69) is 109 Å². The molecule has 0 aliphatic carbocycles. The summed E-state index contributed by atoms with van der Waals surface area (Å²) in [6.45, 7) is 0. The predicted molar refractivity (Wildman–Crippen MR) is 177 cm³/mol. The molecular weight excluding hydrogens is 528 g/mol. The van der Waals surface area contributed by atoms with E-state index in [0.29, 0.717) is 0 Å². The summed E-state index contributed by atoms with van der Waals surface area (Å²) in [6.07, 6.45) is 1.72. The highest BCUT2D eigenvalue weighted by molar-refractivity contribution is 6.24. The Kier molecular flexibility index (Phi) is 4.45. The first-order chi connectivity index (χ1) is 21.3. The Morgan fingerprint density at radius 3 is 1.77 bits per heavy atom. The van der Waals surface area contributed by atoms with Crippen molar-refractivity contribution in [1.29, 1.82) is 0 Å². The molecule has 0 saturated heterocycles. The van der Waals surface area contributed by atoms with Crippen LogP contribution in [-0.4, -0.2) is 0 Å². The van der Waals surface area contributed by atoms with E-state index in [1.165, 1.54) is 32.7 Å². The van der Waals surface area contributed by atoms with Crippen LogP contribution in [0.4, 0.5) is 0 Å². The van der Waals surface area contributed by atoms with Gasteiger partial charge in [-0.1, -0.05) is 97.1 Å². The second-order valence-electron chi connectivity index (χ2n) is 11.2. The van der Waals surface area contributed by atoms with Crippen molar-refractivity contribution in [2.45, 2.75) is 0 Å². The topological polar surface area (TPSA) is 39.4 Å². The fourth-order valence-electron chi connectivity index (χ4n) is 7.09. The molecule has 0 aliphatic heterocycles. The average Bonchev–Trinajstić information content (AvgIpc) is 3.78. The standard InChI is InChI=1S/C40H22O3/c1-3-11-29-27(9-1)36(24-17-18-26-32-19-16-23-20-21-41-38(23)40(32)43-35(26)22-24)28-10-2-4-12-30(28)37(29)33-14-7-13-31-25-8-5-6-15-34(25)42-39(31)33/h1-22H. The monoisotopic (exact) mass is 550 g/mol. The molecule has 3 heterocycles. The Bertz CT molecular complexity index is 2680. The van der Waals surface area contributed by atoms with Gasteiger partial charge >= 0.3 is 0 Å². The van der Waals surface area contributed by atoms with Gasteiger partial charge in [0.2, 0.25) is 0 Å². The molecule has 0 radical (unpaired) electrons. The van der Waals surface area contributed by atoms with E-state index in [-0.39, 0.29) is 0 Å². The Morgan fingerprint density at radius 1 is 0.372 bits per heavy atom. The minimum atomic E-state index is 0.787. The second-order valence-corrected chi connectivity index (χ2v) is 11.2. The molecule has 3 nitrogen and oxygen atoms in total. The van der Waals surface area contributed by atoms with Crippen LogP contribution < -0.4 is 0 Å². The van der Waals surface area contributed by atoms with E-state index in [4.69, 9.17) is 13.3 Å². The third kappa shape index (κ3) is 3.08. The summed E-state index contributed by atoms with van der Waals surface area (Å²) in [5.74, 6) is 0. The summed E-state index contributed by atoms with van der Waals surface area (Å²) in [6, 6.07) is 44.9. The zero-order chi connectivity index (χ0) is 28.1. The van der Waals surface area contributed by atoms with Gasteiger partial charge in [0, 0.05) is 38.1 Å². The molecule has 0 N–H and O–H groups in total. The maximum Gasteiger partial charge on any atom is 0.178 e. The minimum Gasteiger partial charge on any atom is -0.460 e. The van der Waals surface area contributed by atoms with Gasteiger partial charge in [0.15, 0.2) is 11.2 Å². The van der Waals surface area contributed by atoms with Crippen LogP contribution in [0, 0.1) is 0 Å². The van der Waals surface area contributed by atoms with Gasteiger partial charge in [-0.15, -0.1) is 0 Å². The molecule has 0 fully saturated rings. The van der Waals surface area contributed by atoms with Crippen molar-refractivity contribution < 1.29 is 13.3 Å². The highest BCUT2D eigenvalue weighted by Gasteiger charge is 2.21. The van der Waals surface area contributed by atoms with Crippen LogP contribution >= 0.6 is 0 Å². The van der Waals surface area contributed by atoms with E-state index >= 15 is 0 Å². The number of hydrogen-bond acceptors (Lipinski definition) is 3. The van der Waals surface area contributed by atoms with E-state index in [0.717, 1.165) is 66.0 Å². The maximum absolute atomic E-state index is 6.53. The molecule has 0 unspecified atom stereocenters. The van der Waals surface area contributed by atoms with Crippen molar-refractivity contribution in [2.24, 2.45) is 0 Å². The first kappa shape index (κ1) is 22.8. The van der Waals surface area contributed by atoms with Crippen molar-refractivity contribution in [3.8, 4) is 22.3 Å². The Balaban J connectivity index is 1.30. The highest BCUT2D eigenvalue weighted by Crippen LogP contribution is 2.47. The van der Waals surface area contributed by atoms with E-state index < -0.39 is 0 Å². The lowest BCUT2D eigenvalue weighted by molar-refractivity contribution is 0.600. The molecule has 0 amide bonds. The number of rotatable bonds is 2. The van der Waals surface area contributed by atoms with Crippen molar-refractivity contribution in [2.75, 3.05) is 0 Å². The number of hydrogen-bond donors (Lipinski definition) is 0. The lowest BCUT2D eigenvalue weighted by atomic mass is 9.85. The van der Waals surface area contributed by atoms with Crippen LogP contribution in [-0.2, 0) is 0 Å². The molecule has 43 heavy (non-hydrogen) atoms. The second kappa shape index (κ2) is 8.37. The molecule has 10 aromatic rings. The lowest BCUT2D eigenvalue weighted by Gasteiger charge is -2.17. The fourth-order valence-corrected chi connectivity index (χ4v) is 7.09. The Morgan fingerprint density at radius 2 is 0.977 bits per heavy atom. The summed E-state index contributed by atoms with van der Waals surface area (Å²) < 4.78 is 18.8. The molecule has 3 aromatic heterocycles. The zero-order valence-electron chi connectivity index (χ0n) is 22.9. The molecule has 200 valence electrons. The van der Waals surface area contributed by atoms with Gasteiger partial charge in [0.05, 0.1) is 6.26 Å². The summed E-state index contributed by atoms with van der Waals surface area (Å²) in [5, 5.41) is 10.2. The van der Waals surface area contributed by atoms with Crippen LogP contribution in [0.5, 0.6) is 0 Å². The fraction of sp³-hybridized carbons (Fsp3) is 0. The predicted octanol–water partition coefficient (Wildman–Crippen LogP) is 11.9. The summed E-state index contributed by atoms with van der Waals surface area (Å²) in [4.78, 5) is 0. The van der Waals surface area contributed by atoms with Crippen LogP contribution in [0.3, 0.4) is 0 Å². The molecule has 0 bridgehead atoms. The van der Waals surface area contributed by atoms with Gasteiger partial charge in [-0.2, -0.15) is 0 Å². The smallest absolute Gasteiger partial charge is 0.178 e. The number of furan rings is 3. The van der Waals surface area contributed by atoms with Crippen LogP contribution in [0.2, 0.25) is 0 Å². The Hall–Kier alpha value is -5.80. The number of para-hydroxylation sites is 2. The molecule has 7 aromatic carbocycles. The van der Waals surface area contributed by atoms with Crippen molar-refractivity contribution in [3.63, 3.8) is 0 Å². The van der Waals surface area contributed by atoms with E-state index in [1.807, 2.05) is 18.2 Å². The number of benzene rings is 7. The van der Waals surface area contributed by atoms with Crippen LogP contribution in [0.25, 0.3) is 98.6 Å². The zero-order valence-corrected chi connectivity index (χ0v) is 22.9. The lowest BCUT2D eigenvalue weighted by Crippen LogP contribution is -1.91. The molecule has 0 atom stereocenters.